The van der Waals surface area contributed by atoms with Crippen molar-refractivity contribution >= 4 is 22.0 Å². The third-order valence-corrected chi connectivity index (χ3v) is 8.30. The second-order valence-electron chi connectivity index (χ2n) is 9.18. The summed E-state index contributed by atoms with van der Waals surface area (Å²) in [6, 6.07) is 5.36. The van der Waals surface area contributed by atoms with Crippen LogP contribution in [0.4, 0.5) is 0 Å². The number of hydrogen-bond acceptors (Lipinski definition) is 3. The van der Waals surface area contributed by atoms with Crippen molar-refractivity contribution in [2.75, 3.05) is 26.2 Å². The molecule has 1 aliphatic carbocycles. The van der Waals surface area contributed by atoms with E-state index in [0.29, 0.717) is 36.2 Å². The Balaban J connectivity index is 1.55. The van der Waals surface area contributed by atoms with Crippen molar-refractivity contribution in [1.82, 2.24) is 9.21 Å². The fraction of sp³-hybridized carbons (Fsp3) is 0.609. The van der Waals surface area contributed by atoms with Gasteiger partial charge in [-0.25, -0.2) is 8.42 Å². The highest BCUT2D eigenvalue weighted by Gasteiger charge is 2.32. The summed E-state index contributed by atoms with van der Waals surface area (Å²) in [5.74, 6) is 0.868. The zero-order valence-electron chi connectivity index (χ0n) is 17.6. The zero-order chi connectivity index (χ0) is 20.6. The SMILES string of the molecule is CC1CC(C)CN(S(=O)(=O)c2ccc3c(c2)C=C(C(=O)N2CCCCCC2)C3)C1. The molecule has 1 aromatic carbocycles. The average molecular weight is 417 g/mol. The Kier molecular flexibility index (Phi) is 5.85. The Bertz CT molecular complexity index is 904. The van der Waals surface area contributed by atoms with Crippen molar-refractivity contribution in [3.63, 3.8) is 0 Å². The van der Waals surface area contributed by atoms with Gasteiger partial charge in [-0.1, -0.05) is 32.8 Å². The highest BCUT2D eigenvalue weighted by Crippen LogP contribution is 2.32. The van der Waals surface area contributed by atoms with E-state index in [4.69, 9.17) is 0 Å². The maximum atomic E-state index is 13.2. The van der Waals surface area contributed by atoms with E-state index in [0.717, 1.165) is 49.1 Å². The average Bonchev–Trinajstić information content (AvgIpc) is 2.91. The Hall–Kier alpha value is -1.66. The van der Waals surface area contributed by atoms with Gasteiger partial charge in [-0.2, -0.15) is 4.31 Å². The molecule has 2 saturated heterocycles. The van der Waals surface area contributed by atoms with Crippen LogP contribution in [0.1, 0.15) is 57.1 Å². The molecule has 0 N–H and O–H groups in total. The lowest BCUT2D eigenvalue weighted by Gasteiger charge is -2.34. The van der Waals surface area contributed by atoms with Crippen molar-refractivity contribution < 1.29 is 13.2 Å². The molecule has 2 unspecified atom stereocenters. The third-order valence-electron chi connectivity index (χ3n) is 6.47. The van der Waals surface area contributed by atoms with Gasteiger partial charge in [0.25, 0.3) is 0 Å². The number of hydrogen-bond donors (Lipinski definition) is 0. The molecule has 5 nitrogen and oxygen atoms in total. The molecule has 2 fully saturated rings. The van der Waals surface area contributed by atoms with Crippen molar-refractivity contribution in [1.29, 1.82) is 0 Å². The maximum Gasteiger partial charge on any atom is 0.250 e. The Labute approximate surface area is 174 Å². The fourth-order valence-corrected chi connectivity index (χ4v) is 6.75. The van der Waals surface area contributed by atoms with E-state index in [1.807, 2.05) is 17.0 Å². The smallest absolute Gasteiger partial charge is 0.250 e. The minimum absolute atomic E-state index is 0.117. The first kappa shape index (κ1) is 20.6. The van der Waals surface area contributed by atoms with Crippen LogP contribution in [0.3, 0.4) is 0 Å². The van der Waals surface area contributed by atoms with Crippen molar-refractivity contribution in [3.05, 3.63) is 34.9 Å². The first-order valence-corrected chi connectivity index (χ1v) is 12.4. The van der Waals surface area contributed by atoms with E-state index >= 15 is 0 Å². The van der Waals surface area contributed by atoms with E-state index < -0.39 is 10.0 Å². The van der Waals surface area contributed by atoms with Gasteiger partial charge in [0.2, 0.25) is 15.9 Å². The van der Waals surface area contributed by atoms with E-state index in [1.54, 1.807) is 16.4 Å². The normalized spacial score (nSPS) is 26.0. The number of carbonyl (C=O) groups is 1. The molecule has 4 rings (SSSR count). The quantitative estimate of drug-likeness (QED) is 0.755. The number of amides is 1. The topological polar surface area (TPSA) is 57.7 Å². The van der Waals surface area contributed by atoms with Gasteiger partial charge < -0.3 is 4.90 Å². The molecule has 1 aromatic rings. The molecule has 0 radical (unpaired) electrons. The predicted octanol–water partition coefficient (Wildman–Crippen LogP) is 3.70. The van der Waals surface area contributed by atoms with Crippen LogP contribution in [0.15, 0.2) is 28.7 Å². The molecule has 6 heteroatoms. The van der Waals surface area contributed by atoms with Crippen molar-refractivity contribution in [2.24, 2.45) is 11.8 Å². The van der Waals surface area contributed by atoms with Gasteiger partial charge in [0.05, 0.1) is 4.90 Å². The summed E-state index contributed by atoms with van der Waals surface area (Å²) in [5.41, 5.74) is 2.71. The largest absolute Gasteiger partial charge is 0.339 e. The minimum Gasteiger partial charge on any atom is -0.339 e. The number of rotatable bonds is 3. The van der Waals surface area contributed by atoms with Crippen LogP contribution in [0.2, 0.25) is 0 Å². The molecule has 2 aliphatic heterocycles. The van der Waals surface area contributed by atoms with Crippen LogP contribution in [-0.2, 0) is 21.2 Å². The van der Waals surface area contributed by atoms with E-state index in [2.05, 4.69) is 13.8 Å². The van der Waals surface area contributed by atoms with E-state index in [9.17, 15) is 13.2 Å². The molecule has 29 heavy (non-hydrogen) atoms. The summed E-state index contributed by atoms with van der Waals surface area (Å²) in [4.78, 5) is 15.3. The molecule has 3 aliphatic rings. The summed E-state index contributed by atoms with van der Waals surface area (Å²) in [5, 5.41) is 0. The number of piperidine rings is 1. The van der Waals surface area contributed by atoms with Gasteiger partial charge in [-0.05, 0) is 60.4 Å². The number of benzene rings is 1. The Morgan fingerprint density at radius 1 is 1.00 bits per heavy atom. The number of sulfonamides is 1. The molecule has 2 heterocycles. The summed E-state index contributed by atoms with van der Waals surface area (Å²) in [6.45, 7) is 7.06. The monoisotopic (exact) mass is 416 g/mol. The Morgan fingerprint density at radius 3 is 2.31 bits per heavy atom. The summed E-state index contributed by atoms with van der Waals surface area (Å²) >= 11 is 0. The second kappa shape index (κ2) is 8.23. The van der Waals surface area contributed by atoms with Crippen molar-refractivity contribution in [3.8, 4) is 0 Å². The molecule has 0 aromatic heterocycles. The van der Waals surface area contributed by atoms with Gasteiger partial charge in [-0.15, -0.1) is 0 Å². The summed E-state index contributed by atoms with van der Waals surface area (Å²) in [7, 11) is -3.50. The lowest BCUT2D eigenvalue weighted by Crippen LogP contribution is -2.42. The number of fused-ring (bicyclic) bond motifs is 1. The number of likely N-dealkylation sites (tertiary alicyclic amines) is 1. The Morgan fingerprint density at radius 2 is 1.66 bits per heavy atom. The van der Waals surface area contributed by atoms with Crippen LogP contribution < -0.4 is 0 Å². The minimum atomic E-state index is -3.50. The molecular weight excluding hydrogens is 384 g/mol. The molecule has 0 saturated carbocycles. The van der Waals surface area contributed by atoms with Gasteiger partial charge in [0.15, 0.2) is 0 Å². The maximum absolute atomic E-state index is 13.2. The highest BCUT2D eigenvalue weighted by molar-refractivity contribution is 7.89. The van der Waals surface area contributed by atoms with Crippen LogP contribution in [0.25, 0.3) is 6.08 Å². The van der Waals surface area contributed by atoms with Gasteiger partial charge in [-0.3, -0.25) is 4.79 Å². The molecule has 0 spiro atoms. The lowest BCUT2D eigenvalue weighted by atomic mass is 9.94. The van der Waals surface area contributed by atoms with Crippen LogP contribution in [0.5, 0.6) is 0 Å². The predicted molar refractivity (Wildman–Crippen MR) is 115 cm³/mol. The standard InChI is InChI=1S/C23H32N2O3S/c1-17-11-18(2)16-25(15-17)29(27,28)22-8-7-19-12-21(13-20(19)14-22)23(26)24-9-5-3-4-6-10-24/h7-8,13-14,17-18H,3-6,9-12,15-16H2,1-2H3. The molecule has 158 valence electrons. The molecule has 0 bridgehead atoms. The van der Waals surface area contributed by atoms with E-state index in [1.165, 1.54) is 12.8 Å². The van der Waals surface area contributed by atoms with Gasteiger partial charge >= 0.3 is 0 Å². The van der Waals surface area contributed by atoms with Gasteiger partial charge in [0, 0.05) is 38.2 Å². The van der Waals surface area contributed by atoms with Crippen LogP contribution in [-0.4, -0.2) is 49.7 Å². The second-order valence-corrected chi connectivity index (χ2v) is 11.1. The molecule has 1 amide bonds. The van der Waals surface area contributed by atoms with Crippen LogP contribution >= 0.6 is 0 Å². The van der Waals surface area contributed by atoms with Gasteiger partial charge in [0.1, 0.15) is 0 Å². The van der Waals surface area contributed by atoms with Crippen LogP contribution in [0, 0.1) is 11.8 Å². The van der Waals surface area contributed by atoms with Crippen molar-refractivity contribution in [2.45, 2.75) is 57.3 Å². The summed E-state index contributed by atoms with van der Waals surface area (Å²) < 4.78 is 28.1. The number of nitrogens with zero attached hydrogens (tertiary/aromatic N) is 2. The first-order chi connectivity index (χ1) is 13.8. The highest BCUT2D eigenvalue weighted by atomic mass is 32.2. The summed E-state index contributed by atoms with van der Waals surface area (Å²) in [6.07, 6.45) is 8.10. The lowest BCUT2D eigenvalue weighted by molar-refractivity contribution is -0.127. The first-order valence-electron chi connectivity index (χ1n) is 11.0. The molecular formula is C23H32N2O3S. The fourth-order valence-electron chi connectivity index (χ4n) is 5.04. The van der Waals surface area contributed by atoms with E-state index in [-0.39, 0.29) is 5.91 Å². The zero-order valence-corrected chi connectivity index (χ0v) is 18.4. The third kappa shape index (κ3) is 4.29. The molecule has 2 atom stereocenters. The number of carbonyl (C=O) groups excluding carboxylic acids is 1.